The summed E-state index contributed by atoms with van der Waals surface area (Å²) < 4.78 is 0. The molecule has 1 unspecified atom stereocenters. The molecule has 4 heteroatoms. The third-order valence-corrected chi connectivity index (χ3v) is 1.44. The summed E-state index contributed by atoms with van der Waals surface area (Å²) in [4.78, 5) is 0. The van der Waals surface area contributed by atoms with Gasteiger partial charge in [-0.05, 0) is 13.8 Å². The summed E-state index contributed by atoms with van der Waals surface area (Å²) in [7, 11) is 0. The van der Waals surface area contributed by atoms with Crippen molar-refractivity contribution in [2.45, 2.75) is 20.0 Å². The van der Waals surface area contributed by atoms with Crippen LogP contribution in [0.5, 0.6) is 0 Å². The van der Waals surface area contributed by atoms with Crippen LogP contribution < -0.4 is 5.73 Å². The van der Waals surface area contributed by atoms with E-state index >= 15 is 0 Å². The topological polar surface area (TPSA) is 74.9 Å². The molecule has 0 spiro atoms. The van der Waals surface area contributed by atoms with E-state index < -0.39 is 6.10 Å². The van der Waals surface area contributed by atoms with Gasteiger partial charge in [0.25, 0.3) is 0 Å². The molecule has 0 saturated carbocycles. The fraction of sp³-hybridized carbons (Fsp3) is 0.500. The van der Waals surface area contributed by atoms with Gasteiger partial charge in [0.2, 0.25) is 0 Å². The van der Waals surface area contributed by atoms with Crippen molar-refractivity contribution in [1.29, 1.82) is 0 Å². The van der Waals surface area contributed by atoms with Crippen LogP contribution in [0, 0.1) is 6.92 Å². The van der Waals surface area contributed by atoms with Gasteiger partial charge in [-0.25, -0.2) is 0 Å². The van der Waals surface area contributed by atoms with Gasteiger partial charge in [-0.3, -0.25) is 5.10 Å². The first-order chi connectivity index (χ1) is 4.63. The maximum Gasteiger partial charge on any atom is 0.151 e. The van der Waals surface area contributed by atoms with Crippen LogP contribution in [-0.2, 0) is 0 Å². The molecule has 0 bridgehead atoms. The average Bonchev–Trinajstić information content (AvgIpc) is 2.11. The first-order valence-corrected chi connectivity index (χ1v) is 3.11. The first-order valence-electron chi connectivity index (χ1n) is 3.11. The van der Waals surface area contributed by atoms with E-state index in [2.05, 4.69) is 10.2 Å². The SMILES string of the molecule is Cc1[nH]nc(N)c1C(C)O. The number of nitrogens with two attached hydrogens (primary N) is 1. The zero-order valence-corrected chi connectivity index (χ0v) is 6.05. The van der Waals surface area contributed by atoms with E-state index in [1.165, 1.54) is 0 Å². The molecule has 1 rings (SSSR count). The monoisotopic (exact) mass is 141 g/mol. The molecule has 1 aromatic heterocycles. The second-order valence-electron chi connectivity index (χ2n) is 2.32. The average molecular weight is 141 g/mol. The van der Waals surface area contributed by atoms with Gasteiger partial charge in [-0.2, -0.15) is 5.10 Å². The van der Waals surface area contributed by atoms with Crippen molar-refractivity contribution in [2.24, 2.45) is 0 Å². The third kappa shape index (κ3) is 0.974. The summed E-state index contributed by atoms with van der Waals surface area (Å²) >= 11 is 0. The summed E-state index contributed by atoms with van der Waals surface area (Å²) in [5, 5.41) is 15.5. The van der Waals surface area contributed by atoms with Crippen molar-refractivity contribution in [3.63, 3.8) is 0 Å². The molecular formula is C6H11N3O. The maximum atomic E-state index is 9.13. The van der Waals surface area contributed by atoms with E-state index in [4.69, 9.17) is 10.8 Å². The van der Waals surface area contributed by atoms with Crippen molar-refractivity contribution in [2.75, 3.05) is 5.73 Å². The lowest BCUT2D eigenvalue weighted by Gasteiger charge is -2.01. The van der Waals surface area contributed by atoms with E-state index in [1.807, 2.05) is 6.92 Å². The quantitative estimate of drug-likeness (QED) is 0.528. The molecule has 0 radical (unpaired) electrons. The second kappa shape index (κ2) is 2.30. The van der Waals surface area contributed by atoms with E-state index in [-0.39, 0.29) is 0 Å². The fourth-order valence-corrected chi connectivity index (χ4v) is 0.984. The highest BCUT2D eigenvalue weighted by Gasteiger charge is 2.11. The van der Waals surface area contributed by atoms with Crippen LogP contribution in [0.15, 0.2) is 0 Å². The number of rotatable bonds is 1. The molecule has 0 aliphatic carbocycles. The number of aliphatic hydroxyl groups excluding tert-OH is 1. The van der Waals surface area contributed by atoms with Gasteiger partial charge in [0.15, 0.2) is 5.82 Å². The Labute approximate surface area is 59.1 Å². The highest BCUT2D eigenvalue weighted by atomic mass is 16.3. The minimum absolute atomic E-state index is 0.382. The Bertz CT molecular complexity index is 209. The van der Waals surface area contributed by atoms with Gasteiger partial charge in [0.05, 0.1) is 6.10 Å². The van der Waals surface area contributed by atoms with Crippen LogP contribution in [0.25, 0.3) is 0 Å². The van der Waals surface area contributed by atoms with Crippen molar-refractivity contribution in [3.05, 3.63) is 11.3 Å². The predicted molar refractivity (Wildman–Crippen MR) is 38.4 cm³/mol. The summed E-state index contributed by atoms with van der Waals surface area (Å²) in [6.45, 7) is 3.49. The number of aliphatic hydroxyl groups is 1. The summed E-state index contributed by atoms with van der Waals surface area (Å²) in [6.07, 6.45) is -0.543. The maximum absolute atomic E-state index is 9.13. The van der Waals surface area contributed by atoms with Crippen molar-refractivity contribution < 1.29 is 5.11 Å². The zero-order chi connectivity index (χ0) is 7.72. The minimum Gasteiger partial charge on any atom is -0.388 e. The number of hydrogen-bond acceptors (Lipinski definition) is 3. The number of nitrogens with one attached hydrogen (secondary N) is 1. The van der Waals surface area contributed by atoms with Gasteiger partial charge in [0.1, 0.15) is 0 Å². The molecule has 0 aromatic carbocycles. The normalized spacial score (nSPS) is 13.5. The van der Waals surface area contributed by atoms with E-state index in [0.29, 0.717) is 11.4 Å². The number of nitrogen functional groups attached to an aromatic ring is 1. The van der Waals surface area contributed by atoms with Crippen molar-refractivity contribution >= 4 is 5.82 Å². The molecule has 0 aliphatic rings. The van der Waals surface area contributed by atoms with E-state index in [0.717, 1.165) is 5.69 Å². The number of aryl methyl sites for hydroxylation is 1. The number of aromatic amines is 1. The fourth-order valence-electron chi connectivity index (χ4n) is 0.984. The standard InChI is InChI=1S/C6H11N3O/c1-3-5(4(2)10)6(7)9-8-3/h4,10H,1-2H3,(H3,7,8,9). The largest absolute Gasteiger partial charge is 0.388 e. The highest BCUT2D eigenvalue weighted by molar-refractivity contribution is 5.42. The Morgan fingerprint density at radius 1 is 1.70 bits per heavy atom. The van der Waals surface area contributed by atoms with Crippen LogP contribution in [0.4, 0.5) is 5.82 Å². The number of aromatic nitrogens is 2. The lowest BCUT2D eigenvalue weighted by atomic mass is 10.1. The number of hydrogen-bond donors (Lipinski definition) is 3. The van der Waals surface area contributed by atoms with Crippen LogP contribution in [-0.4, -0.2) is 15.3 Å². The molecule has 10 heavy (non-hydrogen) atoms. The molecule has 4 N–H and O–H groups in total. The zero-order valence-electron chi connectivity index (χ0n) is 6.05. The highest BCUT2D eigenvalue weighted by Crippen LogP contribution is 2.20. The Balaban J connectivity index is 3.10. The smallest absolute Gasteiger partial charge is 0.151 e. The van der Waals surface area contributed by atoms with E-state index in [9.17, 15) is 0 Å². The summed E-state index contributed by atoms with van der Waals surface area (Å²) in [6, 6.07) is 0. The van der Waals surface area contributed by atoms with Gasteiger partial charge >= 0.3 is 0 Å². The minimum atomic E-state index is -0.543. The second-order valence-corrected chi connectivity index (χ2v) is 2.32. The van der Waals surface area contributed by atoms with Crippen LogP contribution >= 0.6 is 0 Å². The molecule has 0 aliphatic heterocycles. The Kier molecular flexibility index (Phi) is 1.63. The Morgan fingerprint density at radius 2 is 2.30 bits per heavy atom. The lowest BCUT2D eigenvalue weighted by molar-refractivity contribution is 0.199. The number of H-pyrrole nitrogens is 1. The van der Waals surface area contributed by atoms with Crippen LogP contribution in [0.2, 0.25) is 0 Å². The molecule has 1 atom stereocenters. The lowest BCUT2D eigenvalue weighted by Crippen LogP contribution is -1.96. The molecule has 1 aromatic rings. The molecular weight excluding hydrogens is 130 g/mol. The van der Waals surface area contributed by atoms with Gasteiger partial charge < -0.3 is 10.8 Å². The number of anilines is 1. The predicted octanol–water partition coefficient (Wildman–Crippen LogP) is 0.354. The van der Waals surface area contributed by atoms with Gasteiger partial charge in [0, 0.05) is 11.3 Å². The molecule has 0 amide bonds. The summed E-state index contributed by atoms with van der Waals surface area (Å²) in [5.41, 5.74) is 6.96. The van der Waals surface area contributed by atoms with Crippen molar-refractivity contribution in [1.82, 2.24) is 10.2 Å². The third-order valence-electron chi connectivity index (χ3n) is 1.44. The molecule has 0 fully saturated rings. The van der Waals surface area contributed by atoms with Gasteiger partial charge in [-0.15, -0.1) is 0 Å². The van der Waals surface area contributed by atoms with Crippen molar-refractivity contribution in [3.8, 4) is 0 Å². The van der Waals surface area contributed by atoms with Crippen LogP contribution in [0.3, 0.4) is 0 Å². The Hall–Kier alpha value is -1.03. The van der Waals surface area contributed by atoms with Gasteiger partial charge in [-0.1, -0.05) is 0 Å². The Morgan fingerprint density at radius 3 is 2.50 bits per heavy atom. The molecule has 0 saturated heterocycles. The molecule has 56 valence electrons. The van der Waals surface area contributed by atoms with E-state index in [1.54, 1.807) is 6.92 Å². The van der Waals surface area contributed by atoms with Crippen LogP contribution in [0.1, 0.15) is 24.3 Å². The first kappa shape index (κ1) is 7.08. The summed E-state index contributed by atoms with van der Waals surface area (Å²) in [5.74, 6) is 0.382. The molecule has 4 nitrogen and oxygen atoms in total. The molecule has 1 heterocycles. The number of nitrogens with zero attached hydrogens (tertiary/aromatic N) is 1.